The summed E-state index contributed by atoms with van der Waals surface area (Å²) >= 11 is 0. The Bertz CT molecular complexity index is 608. The van der Waals surface area contributed by atoms with Crippen LogP contribution < -0.4 is 5.32 Å². The Balaban J connectivity index is 1.75. The molecule has 136 valence electrons. The van der Waals surface area contributed by atoms with Gasteiger partial charge in [0.15, 0.2) is 6.61 Å². The largest absolute Gasteiger partial charge is 0.465 e. The van der Waals surface area contributed by atoms with Crippen molar-refractivity contribution >= 4 is 23.5 Å². The molecule has 2 rings (SSSR count). The Morgan fingerprint density at radius 3 is 2.56 bits per heavy atom. The van der Waals surface area contributed by atoms with Crippen LogP contribution in [-0.4, -0.2) is 31.6 Å². The third-order valence-electron chi connectivity index (χ3n) is 4.45. The summed E-state index contributed by atoms with van der Waals surface area (Å²) in [6.07, 6.45) is 7.29. The van der Waals surface area contributed by atoms with Gasteiger partial charge in [-0.3, -0.25) is 9.59 Å². The minimum Gasteiger partial charge on any atom is -0.465 e. The minimum atomic E-state index is -0.541. The van der Waals surface area contributed by atoms with E-state index in [-0.39, 0.29) is 18.1 Å². The maximum absolute atomic E-state index is 11.9. The standard InChI is InChI=1S/C19H25NO5/c1-24-19(23)15-9-5-6-10-16(15)20-17(21)13-25-18(22)12-11-14-7-3-2-4-8-14/h5-6,9-10,14H,2-4,7-8,11-13H2,1H3,(H,20,21). The van der Waals surface area contributed by atoms with E-state index >= 15 is 0 Å². The Labute approximate surface area is 147 Å². The van der Waals surface area contributed by atoms with Gasteiger partial charge in [0.05, 0.1) is 18.4 Å². The Morgan fingerprint density at radius 1 is 1.12 bits per heavy atom. The molecular formula is C19H25NO5. The molecule has 0 atom stereocenters. The second kappa shape index (κ2) is 9.81. The number of hydrogen-bond donors (Lipinski definition) is 1. The Morgan fingerprint density at radius 2 is 1.84 bits per heavy atom. The molecule has 1 saturated carbocycles. The first-order valence-corrected chi connectivity index (χ1v) is 8.73. The molecule has 0 saturated heterocycles. The van der Waals surface area contributed by atoms with Gasteiger partial charge in [-0.15, -0.1) is 0 Å². The van der Waals surface area contributed by atoms with Crippen LogP contribution in [0.25, 0.3) is 0 Å². The van der Waals surface area contributed by atoms with Crippen LogP contribution in [0.5, 0.6) is 0 Å². The number of methoxy groups -OCH3 is 1. The fourth-order valence-electron chi connectivity index (χ4n) is 3.08. The number of carbonyl (C=O) groups is 3. The molecule has 0 unspecified atom stereocenters. The highest BCUT2D eigenvalue weighted by Crippen LogP contribution is 2.27. The minimum absolute atomic E-state index is 0.252. The number of rotatable bonds is 7. The predicted octanol–water partition coefficient (Wildman–Crippen LogP) is 3.32. The molecule has 25 heavy (non-hydrogen) atoms. The average Bonchev–Trinajstić information content (AvgIpc) is 2.65. The third-order valence-corrected chi connectivity index (χ3v) is 4.45. The molecule has 0 aliphatic heterocycles. The fourth-order valence-corrected chi connectivity index (χ4v) is 3.08. The molecule has 0 radical (unpaired) electrons. The van der Waals surface area contributed by atoms with Gasteiger partial charge in [-0.25, -0.2) is 4.79 Å². The summed E-state index contributed by atoms with van der Waals surface area (Å²) < 4.78 is 9.70. The van der Waals surface area contributed by atoms with Crippen molar-refractivity contribution in [2.75, 3.05) is 19.0 Å². The van der Waals surface area contributed by atoms with Gasteiger partial charge in [-0.05, 0) is 24.5 Å². The molecule has 0 bridgehead atoms. The van der Waals surface area contributed by atoms with Gasteiger partial charge in [0.1, 0.15) is 0 Å². The van der Waals surface area contributed by atoms with Crippen molar-refractivity contribution in [3.63, 3.8) is 0 Å². The zero-order valence-electron chi connectivity index (χ0n) is 14.6. The second-order valence-corrected chi connectivity index (χ2v) is 6.29. The van der Waals surface area contributed by atoms with E-state index in [0.717, 1.165) is 6.42 Å². The molecule has 0 spiro atoms. The molecule has 1 aromatic carbocycles. The van der Waals surface area contributed by atoms with E-state index in [0.29, 0.717) is 18.0 Å². The van der Waals surface area contributed by atoms with Crippen molar-refractivity contribution in [2.45, 2.75) is 44.9 Å². The zero-order valence-corrected chi connectivity index (χ0v) is 14.6. The van der Waals surface area contributed by atoms with Crippen molar-refractivity contribution in [3.05, 3.63) is 29.8 Å². The summed E-state index contributed by atoms with van der Waals surface area (Å²) in [5, 5.41) is 2.57. The summed E-state index contributed by atoms with van der Waals surface area (Å²) in [4.78, 5) is 35.4. The highest BCUT2D eigenvalue weighted by atomic mass is 16.5. The predicted molar refractivity (Wildman–Crippen MR) is 93.2 cm³/mol. The van der Waals surface area contributed by atoms with Crippen molar-refractivity contribution in [1.29, 1.82) is 0 Å². The SMILES string of the molecule is COC(=O)c1ccccc1NC(=O)COC(=O)CCC1CCCCC1. The van der Waals surface area contributed by atoms with Crippen LogP contribution >= 0.6 is 0 Å². The van der Waals surface area contributed by atoms with Gasteiger partial charge in [-0.2, -0.15) is 0 Å². The molecule has 1 amide bonds. The molecule has 1 aliphatic rings. The normalized spacial score (nSPS) is 14.6. The van der Waals surface area contributed by atoms with Gasteiger partial charge in [0.2, 0.25) is 0 Å². The van der Waals surface area contributed by atoms with E-state index in [4.69, 9.17) is 4.74 Å². The Hall–Kier alpha value is -2.37. The van der Waals surface area contributed by atoms with Gasteiger partial charge >= 0.3 is 11.9 Å². The molecule has 1 aromatic rings. The van der Waals surface area contributed by atoms with E-state index in [1.807, 2.05) is 0 Å². The number of benzene rings is 1. The molecule has 1 N–H and O–H groups in total. The van der Waals surface area contributed by atoms with Crippen LogP contribution in [0.3, 0.4) is 0 Å². The summed E-state index contributed by atoms with van der Waals surface area (Å²) in [5.41, 5.74) is 0.583. The summed E-state index contributed by atoms with van der Waals surface area (Å²) in [5.74, 6) is -0.785. The van der Waals surface area contributed by atoms with Gasteiger partial charge in [0.25, 0.3) is 5.91 Å². The van der Waals surface area contributed by atoms with Crippen LogP contribution in [0.15, 0.2) is 24.3 Å². The molecule has 6 heteroatoms. The lowest BCUT2D eigenvalue weighted by Crippen LogP contribution is -2.22. The molecule has 0 heterocycles. The van der Waals surface area contributed by atoms with Crippen LogP contribution in [0, 0.1) is 5.92 Å². The van der Waals surface area contributed by atoms with Crippen LogP contribution in [-0.2, 0) is 19.1 Å². The number of anilines is 1. The lowest BCUT2D eigenvalue weighted by Gasteiger charge is -2.20. The number of carbonyl (C=O) groups excluding carboxylic acids is 3. The first kappa shape index (κ1) is 19.0. The summed E-state index contributed by atoms with van der Waals surface area (Å²) in [6, 6.07) is 6.51. The molecule has 6 nitrogen and oxygen atoms in total. The first-order valence-electron chi connectivity index (χ1n) is 8.73. The number of hydrogen-bond acceptors (Lipinski definition) is 5. The van der Waals surface area contributed by atoms with E-state index in [2.05, 4.69) is 10.1 Å². The smallest absolute Gasteiger partial charge is 0.339 e. The van der Waals surface area contributed by atoms with Gasteiger partial charge in [0, 0.05) is 6.42 Å². The number of nitrogens with one attached hydrogen (secondary N) is 1. The van der Waals surface area contributed by atoms with E-state index in [1.165, 1.54) is 39.2 Å². The highest BCUT2D eigenvalue weighted by Gasteiger charge is 2.17. The van der Waals surface area contributed by atoms with E-state index < -0.39 is 11.9 Å². The lowest BCUT2D eigenvalue weighted by atomic mass is 9.86. The fraction of sp³-hybridized carbons (Fsp3) is 0.526. The summed E-state index contributed by atoms with van der Waals surface area (Å²) in [7, 11) is 1.27. The van der Waals surface area contributed by atoms with Gasteiger partial charge in [-0.1, -0.05) is 44.2 Å². The van der Waals surface area contributed by atoms with E-state index in [1.54, 1.807) is 24.3 Å². The maximum atomic E-state index is 11.9. The summed E-state index contributed by atoms with van der Waals surface area (Å²) in [6.45, 7) is -0.362. The quantitative estimate of drug-likeness (QED) is 0.765. The molecular weight excluding hydrogens is 322 g/mol. The monoisotopic (exact) mass is 347 g/mol. The number of esters is 2. The average molecular weight is 347 g/mol. The number of para-hydroxylation sites is 1. The zero-order chi connectivity index (χ0) is 18.1. The second-order valence-electron chi connectivity index (χ2n) is 6.29. The van der Waals surface area contributed by atoms with Crippen molar-refractivity contribution in [2.24, 2.45) is 5.92 Å². The van der Waals surface area contributed by atoms with Crippen molar-refractivity contribution < 1.29 is 23.9 Å². The number of ether oxygens (including phenoxy) is 2. The van der Waals surface area contributed by atoms with Crippen LogP contribution in [0.1, 0.15) is 55.3 Å². The van der Waals surface area contributed by atoms with Crippen molar-refractivity contribution in [1.82, 2.24) is 0 Å². The number of amides is 1. The molecule has 0 aromatic heterocycles. The van der Waals surface area contributed by atoms with Crippen molar-refractivity contribution in [3.8, 4) is 0 Å². The maximum Gasteiger partial charge on any atom is 0.339 e. The highest BCUT2D eigenvalue weighted by molar-refractivity contribution is 6.01. The van der Waals surface area contributed by atoms with E-state index in [9.17, 15) is 14.4 Å². The van der Waals surface area contributed by atoms with Crippen LogP contribution in [0.2, 0.25) is 0 Å². The molecule has 1 fully saturated rings. The topological polar surface area (TPSA) is 81.7 Å². The molecule has 1 aliphatic carbocycles. The van der Waals surface area contributed by atoms with Gasteiger partial charge < -0.3 is 14.8 Å². The lowest BCUT2D eigenvalue weighted by molar-refractivity contribution is -0.147. The first-order chi connectivity index (χ1) is 12.1. The Kier molecular flexibility index (Phi) is 7.44. The van der Waals surface area contributed by atoms with Crippen LogP contribution in [0.4, 0.5) is 5.69 Å². The third kappa shape index (κ3) is 6.21.